The first-order chi connectivity index (χ1) is 7.00. The Kier molecular flexibility index (Phi) is 3.67. The molecule has 0 amide bonds. The molecule has 0 atom stereocenters. The molecular weight excluding hydrogens is 188 g/mol. The minimum atomic E-state index is -0.298. The molecule has 0 unspecified atom stereocenters. The average molecular weight is 204 g/mol. The van der Waals surface area contributed by atoms with Crippen LogP contribution in [0.4, 0.5) is 0 Å². The number of rotatable bonds is 2. The van der Waals surface area contributed by atoms with Crippen molar-refractivity contribution in [3.63, 3.8) is 0 Å². The van der Waals surface area contributed by atoms with Gasteiger partial charge in [0, 0.05) is 6.92 Å². The highest BCUT2D eigenvalue weighted by molar-refractivity contribution is 5.68. The Morgan fingerprint density at radius 3 is 2.20 bits per heavy atom. The lowest BCUT2D eigenvalue weighted by Gasteiger charge is -2.06. The summed E-state index contributed by atoms with van der Waals surface area (Å²) in [6.07, 6.45) is 3.26. The molecule has 2 nitrogen and oxygen atoms in total. The van der Waals surface area contributed by atoms with Crippen molar-refractivity contribution >= 4 is 12.0 Å². The molecule has 2 heteroatoms. The second-order valence-electron chi connectivity index (χ2n) is 3.72. The standard InChI is InChI=1S/C13H16O2/c1-9-7-10(2)13(11(3)8-9)5-6-15-12(4)14/h5-8H,1-4H3/b6-5+. The van der Waals surface area contributed by atoms with Crippen molar-refractivity contribution in [3.05, 3.63) is 40.6 Å². The largest absolute Gasteiger partial charge is 0.435 e. The van der Waals surface area contributed by atoms with E-state index in [-0.39, 0.29) is 5.97 Å². The molecule has 0 aliphatic carbocycles. The van der Waals surface area contributed by atoms with Crippen LogP contribution in [-0.4, -0.2) is 5.97 Å². The molecular formula is C13H16O2. The van der Waals surface area contributed by atoms with Crippen LogP contribution in [0.5, 0.6) is 0 Å². The first-order valence-electron chi connectivity index (χ1n) is 4.92. The normalized spacial score (nSPS) is 10.7. The van der Waals surface area contributed by atoms with Crippen LogP contribution in [0.2, 0.25) is 0 Å². The lowest BCUT2D eigenvalue weighted by molar-refractivity contribution is -0.135. The van der Waals surface area contributed by atoms with Gasteiger partial charge in [-0.2, -0.15) is 0 Å². The maximum atomic E-state index is 10.6. The number of ether oxygens (including phenoxy) is 1. The molecule has 0 bridgehead atoms. The third kappa shape index (κ3) is 3.24. The van der Waals surface area contributed by atoms with E-state index in [4.69, 9.17) is 4.74 Å². The predicted octanol–water partition coefficient (Wildman–Crippen LogP) is 3.15. The molecule has 0 radical (unpaired) electrons. The molecule has 0 aromatic heterocycles. The van der Waals surface area contributed by atoms with Gasteiger partial charge in [-0.05, 0) is 43.5 Å². The van der Waals surface area contributed by atoms with E-state index in [0.717, 1.165) is 5.56 Å². The van der Waals surface area contributed by atoms with E-state index in [2.05, 4.69) is 19.1 Å². The van der Waals surface area contributed by atoms with Gasteiger partial charge in [0.1, 0.15) is 0 Å². The Morgan fingerprint density at radius 1 is 1.20 bits per heavy atom. The third-order valence-corrected chi connectivity index (χ3v) is 2.21. The summed E-state index contributed by atoms with van der Waals surface area (Å²) >= 11 is 0. The van der Waals surface area contributed by atoms with Crippen LogP contribution in [0.1, 0.15) is 29.2 Å². The van der Waals surface area contributed by atoms with Crippen LogP contribution >= 0.6 is 0 Å². The van der Waals surface area contributed by atoms with Gasteiger partial charge >= 0.3 is 5.97 Å². The lowest BCUT2D eigenvalue weighted by atomic mass is 10.00. The van der Waals surface area contributed by atoms with Gasteiger partial charge in [0.05, 0.1) is 6.26 Å². The second kappa shape index (κ2) is 4.78. The zero-order valence-corrected chi connectivity index (χ0v) is 9.63. The van der Waals surface area contributed by atoms with Gasteiger partial charge in [0.15, 0.2) is 0 Å². The smallest absolute Gasteiger partial charge is 0.307 e. The summed E-state index contributed by atoms with van der Waals surface area (Å²) in [5.41, 5.74) is 4.74. The van der Waals surface area contributed by atoms with Crippen molar-refractivity contribution in [1.29, 1.82) is 0 Å². The first-order valence-corrected chi connectivity index (χ1v) is 4.92. The topological polar surface area (TPSA) is 26.3 Å². The molecule has 15 heavy (non-hydrogen) atoms. The summed E-state index contributed by atoms with van der Waals surface area (Å²) in [6.45, 7) is 7.56. The highest BCUT2D eigenvalue weighted by Crippen LogP contribution is 2.17. The van der Waals surface area contributed by atoms with Crippen molar-refractivity contribution in [3.8, 4) is 0 Å². The number of esters is 1. The summed E-state index contributed by atoms with van der Waals surface area (Å²) < 4.78 is 4.77. The average Bonchev–Trinajstić information content (AvgIpc) is 2.08. The second-order valence-corrected chi connectivity index (χ2v) is 3.72. The van der Waals surface area contributed by atoms with E-state index in [9.17, 15) is 4.79 Å². The van der Waals surface area contributed by atoms with Gasteiger partial charge in [-0.3, -0.25) is 4.79 Å². The van der Waals surface area contributed by atoms with Gasteiger partial charge in [-0.15, -0.1) is 0 Å². The molecule has 0 aliphatic rings. The van der Waals surface area contributed by atoms with Crippen molar-refractivity contribution in [2.24, 2.45) is 0 Å². The van der Waals surface area contributed by atoms with Gasteiger partial charge in [0.2, 0.25) is 0 Å². The van der Waals surface area contributed by atoms with Gasteiger partial charge < -0.3 is 4.74 Å². The highest BCUT2D eigenvalue weighted by Gasteiger charge is 2.00. The molecule has 0 N–H and O–H groups in total. The van der Waals surface area contributed by atoms with Crippen LogP contribution in [0.15, 0.2) is 18.4 Å². The van der Waals surface area contributed by atoms with E-state index < -0.39 is 0 Å². The Bertz CT molecular complexity index is 380. The number of carbonyl (C=O) groups is 1. The number of aryl methyl sites for hydroxylation is 3. The highest BCUT2D eigenvalue weighted by atomic mass is 16.5. The van der Waals surface area contributed by atoms with Crippen LogP contribution in [0.3, 0.4) is 0 Å². The number of hydrogen-bond donors (Lipinski definition) is 0. The fraction of sp³-hybridized carbons (Fsp3) is 0.308. The fourth-order valence-corrected chi connectivity index (χ4v) is 1.65. The van der Waals surface area contributed by atoms with E-state index >= 15 is 0 Å². The molecule has 0 heterocycles. The van der Waals surface area contributed by atoms with Crippen LogP contribution in [-0.2, 0) is 9.53 Å². The zero-order valence-electron chi connectivity index (χ0n) is 9.63. The minimum Gasteiger partial charge on any atom is -0.435 e. The van der Waals surface area contributed by atoms with Crippen molar-refractivity contribution in [1.82, 2.24) is 0 Å². The Morgan fingerprint density at radius 2 is 1.73 bits per heavy atom. The maximum Gasteiger partial charge on any atom is 0.307 e. The molecule has 0 saturated carbocycles. The molecule has 0 spiro atoms. The Balaban J connectivity index is 2.94. The molecule has 0 aliphatic heterocycles. The van der Waals surface area contributed by atoms with Crippen molar-refractivity contribution in [2.75, 3.05) is 0 Å². The third-order valence-electron chi connectivity index (χ3n) is 2.21. The lowest BCUT2D eigenvalue weighted by Crippen LogP contribution is -1.91. The molecule has 0 fully saturated rings. The van der Waals surface area contributed by atoms with Crippen LogP contribution in [0, 0.1) is 20.8 Å². The van der Waals surface area contributed by atoms with Crippen LogP contribution in [0.25, 0.3) is 6.08 Å². The van der Waals surface area contributed by atoms with E-state index in [0.29, 0.717) is 0 Å². The quantitative estimate of drug-likeness (QED) is 0.546. The van der Waals surface area contributed by atoms with Crippen LogP contribution < -0.4 is 0 Å². The van der Waals surface area contributed by atoms with E-state index in [1.165, 1.54) is 29.9 Å². The molecule has 1 aromatic rings. The molecule has 80 valence electrons. The van der Waals surface area contributed by atoms with Gasteiger partial charge in [-0.25, -0.2) is 0 Å². The Labute approximate surface area is 90.6 Å². The zero-order chi connectivity index (χ0) is 11.4. The summed E-state index contributed by atoms with van der Waals surface area (Å²) in [5.74, 6) is -0.298. The van der Waals surface area contributed by atoms with E-state index in [1.807, 2.05) is 19.9 Å². The molecule has 1 rings (SSSR count). The van der Waals surface area contributed by atoms with Gasteiger partial charge in [0.25, 0.3) is 0 Å². The number of benzene rings is 1. The van der Waals surface area contributed by atoms with Gasteiger partial charge in [-0.1, -0.05) is 17.7 Å². The van der Waals surface area contributed by atoms with Crippen molar-refractivity contribution in [2.45, 2.75) is 27.7 Å². The predicted molar refractivity (Wildman–Crippen MR) is 61.5 cm³/mol. The monoisotopic (exact) mass is 204 g/mol. The summed E-state index contributed by atoms with van der Waals surface area (Å²) in [5, 5.41) is 0. The fourth-order valence-electron chi connectivity index (χ4n) is 1.65. The summed E-state index contributed by atoms with van der Waals surface area (Å²) in [7, 11) is 0. The summed E-state index contributed by atoms with van der Waals surface area (Å²) in [4.78, 5) is 10.6. The maximum absolute atomic E-state index is 10.6. The minimum absolute atomic E-state index is 0.298. The van der Waals surface area contributed by atoms with Crippen molar-refractivity contribution < 1.29 is 9.53 Å². The molecule has 0 saturated heterocycles. The molecule has 1 aromatic carbocycles. The number of carbonyl (C=O) groups excluding carboxylic acids is 1. The SMILES string of the molecule is CC(=O)O/C=C/c1c(C)cc(C)cc1C. The first kappa shape index (κ1) is 11.5. The van der Waals surface area contributed by atoms with E-state index in [1.54, 1.807) is 0 Å². The Hall–Kier alpha value is -1.57. The summed E-state index contributed by atoms with van der Waals surface area (Å²) in [6, 6.07) is 4.22. The number of hydrogen-bond acceptors (Lipinski definition) is 2.